The van der Waals surface area contributed by atoms with Gasteiger partial charge in [-0.2, -0.15) is 4.98 Å². The van der Waals surface area contributed by atoms with Crippen LogP contribution in [0.4, 0.5) is 5.69 Å². The third-order valence-electron chi connectivity index (χ3n) is 3.06. The van der Waals surface area contributed by atoms with E-state index >= 15 is 0 Å². The Hall–Kier alpha value is -1.11. The van der Waals surface area contributed by atoms with Crippen molar-refractivity contribution in [2.45, 2.75) is 19.5 Å². The molecular formula is C12H14BrClN4O. The molecule has 0 atom stereocenters. The van der Waals surface area contributed by atoms with Crippen LogP contribution in [0.3, 0.4) is 0 Å². The lowest BCUT2D eigenvalue weighted by molar-refractivity contribution is 0.374. The van der Waals surface area contributed by atoms with E-state index < -0.39 is 0 Å². The number of benzene rings is 1. The summed E-state index contributed by atoms with van der Waals surface area (Å²) in [7, 11) is 0. The summed E-state index contributed by atoms with van der Waals surface area (Å²) in [6.07, 6.45) is 1.06. The Morgan fingerprint density at radius 3 is 3.00 bits per heavy atom. The van der Waals surface area contributed by atoms with Gasteiger partial charge in [-0.25, -0.2) is 0 Å². The van der Waals surface area contributed by atoms with Crippen molar-refractivity contribution in [2.24, 2.45) is 5.73 Å². The smallest absolute Gasteiger partial charge is 0.240 e. The van der Waals surface area contributed by atoms with Crippen molar-refractivity contribution in [1.29, 1.82) is 0 Å². The highest BCUT2D eigenvalue weighted by Gasteiger charge is 2.20. The van der Waals surface area contributed by atoms with Crippen LogP contribution in [0.1, 0.15) is 17.3 Å². The van der Waals surface area contributed by atoms with Gasteiger partial charge in [0.05, 0.1) is 13.1 Å². The fourth-order valence-electron chi connectivity index (χ4n) is 2.19. The first-order valence-corrected chi connectivity index (χ1v) is 6.60. The molecule has 1 aliphatic rings. The Kier molecular flexibility index (Phi) is 4.44. The first-order chi connectivity index (χ1) is 8.76. The lowest BCUT2D eigenvalue weighted by atomic mass is 10.2. The summed E-state index contributed by atoms with van der Waals surface area (Å²) in [6.45, 7) is 1.93. The lowest BCUT2D eigenvalue weighted by Crippen LogP contribution is -2.20. The summed E-state index contributed by atoms with van der Waals surface area (Å²) >= 11 is 3.50. The summed E-state index contributed by atoms with van der Waals surface area (Å²) in [6, 6.07) is 6.36. The molecule has 1 aromatic carbocycles. The van der Waals surface area contributed by atoms with Gasteiger partial charge in [-0.1, -0.05) is 27.2 Å². The predicted molar refractivity (Wildman–Crippen MR) is 78.3 cm³/mol. The van der Waals surface area contributed by atoms with Gasteiger partial charge in [-0.15, -0.1) is 12.4 Å². The van der Waals surface area contributed by atoms with Crippen LogP contribution in [0.15, 0.2) is 27.2 Å². The van der Waals surface area contributed by atoms with E-state index in [9.17, 15) is 0 Å². The molecular weight excluding hydrogens is 332 g/mol. The maximum atomic E-state index is 5.45. The van der Waals surface area contributed by atoms with Gasteiger partial charge in [0.2, 0.25) is 5.89 Å². The minimum atomic E-state index is 0. The average molecular weight is 346 g/mol. The predicted octanol–water partition coefficient (Wildman–Crippen LogP) is 2.28. The van der Waals surface area contributed by atoms with Gasteiger partial charge in [-0.3, -0.25) is 0 Å². The van der Waals surface area contributed by atoms with Crippen LogP contribution < -0.4 is 10.6 Å². The second-order valence-corrected chi connectivity index (χ2v) is 5.17. The Morgan fingerprint density at radius 1 is 1.42 bits per heavy atom. The number of nitrogens with two attached hydrogens (primary N) is 1. The van der Waals surface area contributed by atoms with Gasteiger partial charge in [-0.05, 0) is 24.1 Å². The zero-order valence-electron chi connectivity index (χ0n) is 10.2. The number of hydrogen-bond acceptors (Lipinski definition) is 5. The van der Waals surface area contributed by atoms with Gasteiger partial charge in [0.15, 0.2) is 5.82 Å². The third-order valence-corrected chi connectivity index (χ3v) is 3.55. The van der Waals surface area contributed by atoms with E-state index in [0.717, 1.165) is 17.4 Å². The zero-order valence-corrected chi connectivity index (χ0v) is 12.6. The van der Waals surface area contributed by atoms with Crippen molar-refractivity contribution in [2.75, 3.05) is 11.4 Å². The Labute approximate surface area is 125 Å². The van der Waals surface area contributed by atoms with Crippen LogP contribution in [-0.2, 0) is 19.5 Å². The summed E-state index contributed by atoms with van der Waals surface area (Å²) in [5, 5.41) is 3.93. The van der Waals surface area contributed by atoms with Gasteiger partial charge in [0.1, 0.15) is 0 Å². The molecule has 0 fully saturated rings. The zero-order chi connectivity index (χ0) is 12.5. The topological polar surface area (TPSA) is 68.2 Å². The van der Waals surface area contributed by atoms with E-state index in [1.807, 2.05) is 0 Å². The molecule has 0 saturated heterocycles. The van der Waals surface area contributed by atoms with Crippen LogP contribution >= 0.6 is 28.3 Å². The summed E-state index contributed by atoms with van der Waals surface area (Å²) < 4.78 is 6.10. The van der Waals surface area contributed by atoms with Gasteiger partial charge in [0, 0.05) is 16.7 Å². The van der Waals surface area contributed by atoms with E-state index in [2.05, 4.69) is 49.2 Å². The number of rotatable bonds is 3. The number of aromatic nitrogens is 2. The normalized spacial score (nSPS) is 13.3. The summed E-state index contributed by atoms with van der Waals surface area (Å²) in [4.78, 5) is 6.49. The molecule has 19 heavy (non-hydrogen) atoms. The maximum Gasteiger partial charge on any atom is 0.240 e. The lowest BCUT2D eigenvalue weighted by Gasteiger charge is -2.17. The van der Waals surface area contributed by atoms with Crippen molar-refractivity contribution < 1.29 is 4.52 Å². The monoisotopic (exact) mass is 344 g/mol. The molecule has 0 radical (unpaired) electrons. The molecule has 2 aromatic rings. The summed E-state index contributed by atoms with van der Waals surface area (Å²) in [5.41, 5.74) is 8.05. The Morgan fingerprint density at radius 2 is 2.26 bits per heavy atom. The minimum Gasteiger partial charge on any atom is -0.363 e. The molecule has 7 heteroatoms. The first-order valence-electron chi connectivity index (χ1n) is 5.81. The largest absolute Gasteiger partial charge is 0.363 e. The van der Waals surface area contributed by atoms with Crippen LogP contribution in [-0.4, -0.2) is 16.7 Å². The number of nitrogens with zero attached hydrogens (tertiary/aromatic N) is 3. The molecule has 0 unspecified atom stereocenters. The minimum absolute atomic E-state index is 0. The standard InChI is InChI=1S/C12H13BrN4O.ClH/c13-9-2-1-8-3-4-17(10(8)5-9)7-11-15-12(6-14)18-16-11;/h1-2,5H,3-4,6-7,14H2;1H. The SMILES string of the molecule is Cl.NCc1nc(CN2CCc3ccc(Br)cc32)no1. The summed E-state index contributed by atoms with van der Waals surface area (Å²) in [5.74, 6) is 1.17. The molecule has 0 amide bonds. The van der Waals surface area contributed by atoms with Crippen LogP contribution in [0, 0.1) is 0 Å². The van der Waals surface area contributed by atoms with Crippen molar-refractivity contribution in [3.63, 3.8) is 0 Å². The molecule has 2 N–H and O–H groups in total. The Balaban J connectivity index is 0.00000133. The fraction of sp³-hybridized carbons (Fsp3) is 0.333. The highest BCUT2D eigenvalue weighted by molar-refractivity contribution is 9.10. The van der Waals surface area contributed by atoms with E-state index in [1.54, 1.807) is 0 Å². The number of hydrogen-bond donors (Lipinski definition) is 1. The second kappa shape index (κ2) is 5.90. The molecule has 0 bridgehead atoms. The maximum absolute atomic E-state index is 5.45. The molecule has 2 heterocycles. The van der Waals surface area contributed by atoms with Crippen molar-refractivity contribution >= 4 is 34.0 Å². The molecule has 0 spiro atoms. The number of fused-ring (bicyclic) bond motifs is 1. The molecule has 0 aliphatic carbocycles. The number of anilines is 1. The van der Waals surface area contributed by atoms with Crippen molar-refractivity contribution in [3.8, 4) is 0 Å². The quantitative estimate of drug-likeness (QED) is 0.924. The van der Waals surface area contributed by atoms with Crippen LogP contribution in [0.25, 0.3) is 0 Å². The third kappa shape index (κ3) is 2.91. The molecule has 1 aliphatic heterocycles. The van der Waals surface area contributed by atoms with E-state index in [4.69, 9.17) is 10.3 Å². The average Bonchev–Trinajstić information content (AvgIpc) is 2.97. The molecule has 1 aromatic heterocycles. The van der Waals surface area contributed by atoms with E-state index in [-0.39, 0.29) is 19.0 Å². The molecule has 102 valence electrons. The highest BCUT2D eigenvalue weighted by Crippen LogP contribution is 2.31. The fourth-order valence-corrected chi connectivity index (χ4v) is 2.54. The second-order valence-electron chi connectivity index (χ2n) is 4.25. The van der Waals surface area contributed by atoms with E-state index in [0.29, 0.717) is 18.3 Å². The molecule has 3 rings (SSSR count). The highest BCUT2D eigenvalue weighted by atomic mass is 79.9. The molecule has 0 saturated carbocycles. The van der Waals surface area contributed by atoms with Crippen LogP contribution in [0.5, 0.6) is 0 Å². The van der Waals surface area contributed by atoms with Gasteiger partial charge < -0.3 is 15.2 Å². The number of halogens is 2. The van der Waals surface area contributed by atoms with Crippen molar-refractivity contribution in [3.05, 3.63) is 40.0 Å². The van der Waals surface area contributed by atoms with Crippen LogP contribution in [0.2, 0.25) is 0 Å². The van der Waals surface area contributed by atoms with E-state index in [1.165, 1.54) is 11.3 Å². The van der Waals surface area contributed by atoms with Gasteiger partial charge in [0.25, 0.3) is 0 Å². The van der Waals surface area contributed by atoms with Crippen molar-refractivity contribution in [1.82, 2.24) is 10.1 Å². The first kappa shape index (κ1) is 14.3. The van der Waals surface area contributed by atoms with Gasteiger partial charge >= 0.3 is 0 Å². The molecule has 5 nitrogen and oxygen atoms in total. The Bertz CT molecular complexity index is 575.